The molecule has 0 amide bonds. The lowest BCUT2D eigenvalue weighted by molar-refractivity contribution is 0.598. The Hall–Kier alpha value is -0.350. The molecule has 2 rings (SSSR count). The van der Waals surface area contributed by atoms with Crippen molar-refractivity contribution in [2.45, 2.75) is 33.2 Å². The zero-order valence-corrected chi connectivity index (χ0v) is 15.1. The Kier molecular flexibility index (Phi) is 5.67. The molecule has 0 fully saturated rings. The molecule has 1 heterocycles. The summed E-state index contributed by atoms with van der Waals surface area (Å²) in [4.78, 5) is 2.70. The zero-order chi connectivity index (χ0) is 14.7. The third-order valence-electron chi connectivity index (χ3n) is 3.26. The Morgan fingerprint density at radius 2 is 2.00 bits per heavy atom. The second-order valence-electron chi connectivity index (χ2n) is 4.92. The van der Waals surface area contributed by atoms with Crippen LogP contribution in [0.3, 0.4) is 0 Å². The predicted octanol–water partition coefficient (Wildman–Crippen LogP) is 5.87. The fraction of sp³-hybridized carbons (Fsp3) is 0.375. The molecule has 0 aliphatic carbocycles. The van der Waals surface area contributed by atoms with Crippen molar-refractivity contribution in [1.82, 2.24) is 5.32 Å². The first-order valence-electron chi connectivity index (χ1n) is 6.78. The van der Waals surface area contributed by atoms with Gasteiger partial charge < -0.3 is 5.32 Å². The van der Waals surface area contributed by atoms with E-state index >= 15 is 0 Å². The summed E-state index contributed by atoms with van der Waals surface area (Å²) in [5, 5.41) is 4.43. The van der Waals surface area contributed by atoms with E-state index in [9.17, 15) is 0 Å². The topological polar surface area (TPSA) is 12.0 Å². The minimum atomic E-state index is 0.167. The molecule has 1 N–H and O–H groups in total. The van der Waals surface area contributed by atoms with Gasteiger partial charge in [-0.15, -0.1) is 11.3 Å². The van der Waals surface area contributed by atoms with E-state index in [0.717, 1.165) is 28.0 Å². The molecule has 0 saturated heterocycles. The third-order valence-corrected chi connectivity index (χ3v) is 5.06. The molecular formula is C16H19BrClNS. The molecule has 0 spiro atoms. The number of hydrogen-bond acceptors (Lipinski definition) is 2. The van der Waals surface area contributed by atoms with Crippen LogP contribution in [-0.2, 0) is 0 Å². The van der Waals surface area contributed by atoms with Crippen molar-refractivity contribution in [1.29, 1.82) is 0 Å². The molecular weight excluding hydrogens is 354 g/mol. The van der Waals surface area contributed by atoms with Crippen LogP contribution < -0.4 is 5.32 Å². The van der Waals surface area contributed by atoms with Gasteiger partial charge in [-0.3, -0.25) is 0 Å². The highest BCUT2D eigenvalue weighted by Gasteiger charge is 2.19. The number of thiophene rings is 1. The first kappa shape index (κ1) is 16.0. The smallest absolute Gasteiger partial charge is 0.0602 e. The fourth-order valence-electron chi connectivity index (χ4n) is 2.35. The van der Waals surface area contributed by atoms with Crippen molar-refractivity contribution < 1.29 is 0 Å². The third kappa shape index (κ3) is 3.64. The molecule has 1 aromatic carbocycles. The van der Waals surface area contributed by atoms with Crippen molar-refractivity contribution in [3.8, 4) is 0 Å². The van der Waals surface area contributed by atoms with Crippen LogP contribution in [-0.4, -0.2) is 6.54 Å². The maximum atomic E-state index is 6.45. The van der Waals surface area contributed by atoms with Crippen molar-refractivity contribution in [3.63, 3.8) is 0 Å². The van der Waals surface area contributed by atoms with Crippen molar-refractivity contribution in [2.75, 3.05) is 6.54 Å². The van der Waals surface area contributed by atoms with Crippen LogP contribution in [0.1, 0.15) is 40.3 Å². The number of hydrogen-bond donors (Lipinski definition) is 1. The maximum absolute atomic E-state index is 6.45. The van der Waals surface area contributed by atoms with E-state index in [2.05, 4.69) is 60.2 Å². The molecule has 0 aliphatic rings. The van der Waals surface area contributed by atoms with E-state index in [0.29, 0.717) is 0 Å². The summed E-state index contributed by atoms with van der Waals surface area (Å²) in [5.74, 6) is 0. The van der Waals surface area contributed by atoms with Crippen LogP contribution in [0.2, 0.25) is 5.02 Å². The van der Waals surface area contributed by atoms with E-state index < -0.39 is 0 Å². The molecule has 1 aromatic heterocycles. The number of halogens is 2. The monoisotopic (exact) mass is 371 g/mol. The summed E-state index contributed by atoms with van der Waals surface area (Å²) in [5.41, 5.74) is 2.48. The Morgan fingerprint density at radius 1 is 1.25 bits per heavy atom. The van der Waals surface area contributed by atoms with Crippen LogP contribution in [0.15, 0.2) is 28.7 Å². The van der Waals surface area contributed by atoms with Crippen LogP contribution in [0, 0.1) is 13.8 Å². The van der Waals surface area contributed by atoms with E-state index in [-0.39, 0.29) is 6.04 Å². The molecule has 0 radical (unpaired) electrons. The number of rotatable bonds is 5. The SMILES string of the molecule is CCCNC(c1ccc(Br)cc1Cl)c1cc(C)sc1C. The summed E-state index contributed by atoms with van der Waals surface area (Å²) in [6.07, 6.45) is 1.10. The van der Waals surface area contributed by atoms with E-state index in [1.54, 1.807) is 0 Å². The average molecular weight is 373 g/mol. The molecule has 1 atom stereocenters. The molecule has 0 saturated carbocycles. The second kappa shape index (κ2) is 7.08. The Morgan fingerprint density at radius 3 is 2.55 bits per heavy atom. The lowest BCUT2D eigenvalue weighted by Gasteiger charge is -2.20. The van der Waals surface area contributed by atoms with Gasteiger partial charge in [0.1, 0.15) is 0 Å². The van der Waals surface area contributed by atoms with Gasteiger partial charge in [0.2, 0.25) is 0 Å². The first-order valence-corrected chi connectivity index (χ1v) is 8.77. The molecule has 0 aliphatic heterocycles. The maximum Gasteiger partial charge on any atom is 0.0602 e. The minimum Gasteiger partial charge on any atom is -0.306 e. The van der Waals surface area contributed by atoms with E-state index in [1.165, 1.54) is 15.3 Å². The van der Waals surface area contributed by atoms with Gasteiger partial charge in [-0.2, -0.15) is 0 Å². The molecule has 1 nitrogen and oxygen atoms in total. The highest BCUT2D eigenvalue weighted by molar-refractivity contribution is 9.10. The summed E-state index contributed by atoms with van der Waals surface area (Å²) in [7, 11) is 0. The van der Waals surface area contributed by atoms with Gasteiger partial charge >= 0.3 is 0 Å². The van der Waals surface area contributed by atoms with E-state index in [1.807, 2.05) is 17.4 Å². The predicted molar refractivity (Wildman–Crippen MR) is 93.1 cm³/mol. The van der Waals surface area contributed by atoms with E-state index in [4.69, 9.17) is 11.6 Å². The summed E-state index contributed by atoms with van der Waals surface area (Å²) < 4.78 is 1.01. The van der Waals surface area contributed by atoms with Crippen LogP contribution in [0.25, 0.3) is 0 Å². The summed E-state index contributed by atoms with van der Waals surface area (Å²) in [6, 6.07) is 8.56. The zero-order valence-electron chi connectivity index (χ0n) is 12.0. The van der Waals surface area contributed by atoms with Gasteiger partial charge in [0.25, 0.3) is 0 Å². The lowest BCUT2D eigenvalue weighted by atomic mass is 9.99. The molecule has 4 heteroatoms. The highest BCUT2D eigenvalue weighted by Crippen LogP contribution is 2.35. The van der Waals surface area contributed by atoms with Gasteiger partial charge in [-0.25, -0.2) is 0 Å². The number of benzene rings is 1. The van der Waals surface area contributed by atoms with Crippen LogP contribution in [0.4, 0.5) is 0 Å². The fourth-order valence-corrected chi connectivity index (χ4v) is 4.09. The van der Waals surface area contributed by atoms with Gasteiger partial charge in [0.15, 0.2) is 0 Å². The quantitative estimate of drug-likeness (QED) is 0.692. The van der Waals surface area contributed by atoms with Crippen LogP contribution in [0.5, 0.6) is 0 Å². The molecule has 2 aromatic rings. The molecule has 108 valence electrons. The number of aryl methyl sites for hydroxylation is 2. The Bertz CT molecular complexity index is 594. The van der Waals surface area contributed by atoms with Gasteiger partial charge in [-0.1, -0.05) is 40.5 Å². The molecule has 20 heavy (non-hydrogen) atoms. The standard InChI is InChI=1S/C16H19BrClNS/c1-4-7-19-16(14-8-10(2)20-11(14)3)13-6-5-12(17)9-15(13)18/h5-6,8-9,16,19H,4,7H2,1-3H3. The highest BCUT2D eigenvalue weighted by atomic mass is 79.9. The molecule has 1 unspecified atom stereocenters. The van der Waals surface area contributed by atoms with Crippen molar-refractivity contribution in [3.05, 3.63) is 54.6 Å². The molecule has 0 bridgehead atoms. The normalized spacial score (nSPS) is 12.7. The first-order chi connectivity index (χ1) is 9.52. The summed E-state index contributed by atoms with van der Waals surface area (Å²) >= 11 is 11.8. The number of nitrogens with one attached hydrogen (secondary N) is 1. The van der Waals surface area contributed by atoms with Crippen molar-refractivity contribution >= 4 is 38.9 Å². The van der Waals surface area contributed by atoms with Gasteiger partial charge in [0, 0.05) is 19.2 Å². The Balaban J connectivity index is 2.44. The van der Waals surface area contributed by atoms with Crippen molar-refractivity contribution in [2.24, 2.45) is 0 Å². The second-order valence-corrected chi connectivity index (χ2v) is 7.70. The van der Waals surface area contributed by atoms with Gasteiger partial charge in [0.05, 0.1) is 6.04 Å². The summed E-state index contributed by atoms with van der Waals surface area (Å²) in [6.45, 7) is 7.49. The lowest BCUT2D eigenvalue weighted by Crippen LogP contribution is -2.23. The largest absolute Gasteiger partial charge is 0.306 e. The Labute approximate surface area is 138 Å². The minimum absolute atomic E-state index is 0.167. The average Bonchev–Trinajstić information content (AvgIpc) is 2.71. The van der Waals surface area contributed by atoms with Gasteiger partial charge in [-0.05, 0) is 56.1 Å². The van der Waals surface area contributed by atoms with Crippen LogP contribution >= 0.6 is 38.9 Å².